The third-order valence-corrected chi connectivity index (χ3v) is 3.99. The van der Waals surface area contributed by atoms with E-state index in [4.69, 9.17) is 4.74 Å². The van der Waals surface area contributed by atoms with Gasteiger partial charge in [0.25, 0.3) is 0 Å². The van der Waals surface area contributed by atoms with Gasteiger partial charge in [0.2, 0.25) is 0 Å². The van der Waals surface area contributed by atoms with Crippen molar-refractivity contribution >= 4 is 17.5 Å². The van der Waals surface area contributed by atoms with Gasteiger partial charge in [-0.05, 0) is 26.0 Å². The number of benzene rings is 1. The van der Waals surface area contributed by atoms with Crippen LogP contribution in [0.1, 0.15) is 31.1 Å². The number of para-hydroxylation sites is 1. The monoisotopic (exact) mass is 268 g/mol. The van der Waals surface area contributed by atoms with Crippen molar-refractivity contribution < 1.29 is 14.6 Å². The number of Topliss-reactive ketones (excluding diaryl/α,β-unsaturated/α-hetero) is 1. The molecule has 2 atom stereocenters. The molecule has 3 nitrogen and oxygen atoms in total. The highest BCUT2D eigenvalue weighted by Crippen LogP contribution is 2.22. The van der Waals surface area contributed by atoms with E-state index in [1.807, 2.05) is 26.0 Å². The van der Waals surface area contributed by atoms with Crippen LogP contribution in [0.3, 0.4) is 0 Å². The maximum Gasteiger partial charge on any atom is 0.176 e. The number of aliphatic hydroxyl groups is 1. The van der Waals surface area contributed by atoms with Crippen molar-refractivity contribution in [1.82, 2.24) is 0 Å². The zero-order valence-electron chi connectivity index (χ0n) is 11.1. The summed E-state index contributed by atoms with van der Waals surface area (Å²) in [5, 5.41) is 9.44. The molecule has 0 aliphatic carbocycles. The van der Waals surface area contributed by atoms with Gasteiger partial charge in [-0.15, -0.1) is 11.8 Å². The third-order valence-electron chi connectivity index (χ3n) is 2.64. The van der Waals surface area contributed by atoms with E-state index < -0.39 is 6.10 Å². The van der Waals surface area contributed by atoms with E-state index in [-0.39, 0.29) is 11.0 Å². The fraction of sp³-hybridized carbons (Fsp3) is 0.500. The number of ketones is 1. The topological polar surface area (TPSA) is 46.5 Å². The van der Waals surface area contributed by atoms with Crippen LogP contribution in [0, 0.1) is 0 Å². The van der Waals surface area contributed by atoms with E-state index in [9.17, 15) is 9.90 Å². The lowest BCUT2D eigenvalue weighted by Crippen LogP contribution is -2.18. The van der Waals surface area contributed by atoms with Crippen molar-refractivity contribution in [1.29, 1.82) is 0 Å². The summed E-state index contributed by atoms with van der Waals surface area (Å²) < 4.78 is 5.43. The van der Waals surface area contributed by atoms with Crippen molar-refractivity contribution in [3.05, 3.63) is 29.8 Å². The lowest BCUT2D eigenvalue weighted by molar-refractivity contribution is 0.101. The van der Waals surface area contributed by atoms with E-state index in [0.29, 0.717) is 23.7 Å². The maximum absolute atomic E-state index is 12.1. The minimum absolute atomic E-state index is 0.0385. The quantitative estimate of drug-likeness (QED) is 0.772. The Morgan fingerprint density at radius 3 is 2.67 bits per heavy atom. The molecule has 1 rings (SSSR count). The Balaban J connectivity index is 2.66. The molecule has 0 aromatic heterocycles. The van der Waals surface area contributed by atoms with E-state index in [2.05, 4.69) is 0 Å². The number of thioether (sulfide) groups is 1. The van der Waals surface area contributed by atoms with E-state index in [1.54, 1.807) is 19.1 Å². The number of rotatable bonds is 7. The summed E-state index contributed by atoms with van der Waals surface area (Å²) in [4.78, 5) is 12.1. The average Bonchev–Trinajstić information content (AvgIpc) is 2.36. The molecule has 4 heteroatoms. The highest BCUT2D eigenvalue weighted by molar-refractivity contribution is 8.00. The molecule has 1 aromatic rings. The molecule has 2 unspecified atom stereocenters. The summed E-state index contributed by atoms with van der Waals surface area (Å²) in [6.45, 7) is 6.08. The van der Waals surface area contributed by atoms with Gasteiger partial charge in [0.1, 0.15) is 5.75 Å². The summed E-state index contributed by atoms with van der Waals surface area (Å²) in [6.07, 6.45) is -0.412. The molecule has 1 aromatic carbocycles. The van der Waals surface area contributed by atoms with E-state index in [1.165, 1.54) is 11.8 Å². The molecule has 0 fully saturated rings. The predicted octanol–water partition coefficient (Wildman–Crippen LogP) is 2.77. The van der Waals surface area contributed by atoms with Crippen LogP contribution < -0.4 is 4.74 Å². The molecular formula is C14H20O3S. The van der Waals surface area contributed by atoms with Gasteiger partial charge in [-0.2, -0.15) is 0 Å². The zero-order valence-corrected chi connectivity index (χ0v) is 11.9. The lowest BCUT2D eigenvalue weighted by Gasteiger charge is -2.14. The largest absolute Gasteiger partial charge is 0.493 e. The van der Waals surface area contributed by atoms with Crippen LogP contribution >= 0.6 is 11.8 Å². The molecule has 0 heterocycles. The summed E-state index contributed by atoms with van der Waals surface area (Å²) in [5.41, 5.74) is 0.615. The van der Waals surface area contributed by atoms with Crippen molar-refractivity contribution in [2.75, 3.05) is 12.4 Å². The molecule has 0 bridgehead atoms. The van der Waals surface area contributed by atoms with Gasteiger partial charge in [-0.3, -0.25) is 4.79 Å². The minimum atomic E-state index is -0.412. The van der Waals surface area contributed by atoms with Gasteiger partial charge in [-0.25, -0.2) is 0 Å². The van der Waals surface area contributed by atoms with Crippen LogP contribution in [0.5, 0.6) is 5.75 Å². The van der Waals surface area contributed by atoms with Crippen LogP contribution in [0.15, 0.2) is 24.3 Å². The summed E-state index contributed by atoms with van der Waals surface area (Å²) in [6, 6.07) is 7.27. The number of carbonyl (C=O) groups is 1. The molecule has 0 aliphatic heterocycles. The van der Waals surface area contributed by atoms with Crippen LogP contribution in [-0.2, 0) is 0 Å². The Hall–Kier alpha value is -1.00. The lowest BCUT2D eigenvalue weighted by atomic mass is 10.1. The highest BCUT2D eigenvalue weighted by Gasteiger charge is 2.15. The van der Waals surface area contributed by atoms with Crippen molar-refractivity contribution in [3.63, 3.8) is 0 Å². The van der Waals surface area contributed by atoms with Crippen LogP contribution in [-0.4, -0.2) is 34.6 Å². The molecule has 0 aliphatic rings. The van der Waals surface area contributed by atoms with Gasteiger partial charge in [0, 0.05) is 5.25 Å². The number of aliphatic hydroxyl groups excluding tert-OH is 1. The SMILES string of the molecule is CCOc1ccccc1C(=O)CSC(C)C(C)O. The van der Waals surface area contributed by atoms with Crippen LogP contribution in [0.25, 0.3) is 0 Å². The standard InChI is InChI=1S/C14H20O3S/c1-4-17-14-8-6-5-7-12(14)13(16)9-18-11(3)10(2)15/h5-8,10-11,15H,4,9H2,1-3H3. The van der Waals surface area contributed by atoms with Gasteiger partial charge >= 0.3 is 0 Å². The molecule has 100 valence electrons. The Labute approximate surface area is 113 Å². The average molecular weight is 268 g/mol. The first-order chi connectivity index (χ1) is 8.56. The van der Waals surface area contributed by atoms with E-state index >= 15 is 0 Å². The second-order valence-electron chi connectivity index (χ2n) is 4.11. The number of ether oxygens (including phenoxy) is 1. The molecule has 0 amide bonds. The fourth-order valence-corrected chi connectivity index (χ4v) is 2.25. The van der Waals surface area contributed by atoms with Gasteiger partial charge in [0.15, 0.2) is 5.78 Å². The van der Waals surface area contributed by atoms with Crippen molar-refractivity contribution in [3.8, 4) is 5.75 Å². The maximum atomic E-state index is 12.1. The molecule has 0 spiro atoms. The van der Waals surface area contributed by atoms with Crippen molar-refractivity contribution in [2.24, 2.45) is 0 Å². The Morgan fingerprint density at radius 1 is 1.39 bits per heavy atom. The summed E-state index contributed by atoms with van der Waals surface area (Å²) >= 11 is 1.46. The number of hydrogen-bond donors (Lipinski definition) is 1. The molecule has 0 radical (unpaired) electrons. The highest BCUT2D eigenvalue weighted by atomic mass is 32.2. The minimum Gasteiger partial charge on any atom is -0.493 e. The van der Waals surface area contributed by atoms with Gasteiger partial charge < -0.3 is 9.84 Å². The summed E-state index contributed by atoms with van der Waals surface area (Å²) in [5.74, 6) is 1.03. The van der Waals surface area contributed by atoms with E-state index in [0.717, 1.165) is 0 Å². The van der Waals surface area contributed by atoms with Gasteiger partial charge in [-0.1, -0.05) is 19.1 Å². The molecule has 0 saturated heterocycles. The predicted molar refractivity (Wildman–Crippen MR) is 75.5 cm³/mol. The van der Waals surface area contributed by atoms with Crippen LogP contribution in [0.2, 0.25) is 0 Å². The summed E-state index contributed by atoms with van der Waals surface area (Å²) in [7, 11) is 0. The smallest absolute Gasteiger partial charge is 0.176 e. The van der Waals surface area contributed by atoms with Crippen LogP contribution in [0.4, 0.5) is 0 Å². The Morgan fingerprint density at radius 2 is 2.06 bits per heavy atom. The first-order valence-corrected chi connectivity index (χ1v) is 7.15. The van der Waals surface area contributed by atoms with Gasteiger partial charge in [0.05, 0.1) is 24.0 Å². The van der Waals surface area contributed by atoms with Crippen molar-refractivity contribution in [2.45, 2.75) is 32.1 Å². The molecule has 1 N–H and O–H groups in total. The second-order valence-corrected chi connectivity index (χ2v) is 5.47. The zero-order chi connectivity index (χ0) is 13.5. The first-order valence-electron chi connectivity index (χ1n) is 6.11. The fourth-order valence-electron chi connectivity index (χ4n) is 1.40. The first kappa shape index (κ1) is 15.1. The molecular weight excluding hydrogens is 248 g/mol. The number of carbonyl (C=O) groups excluding carboxylic acids is 1. The Bertz CT molecular complexity index is 390. The molecule has 18 heavy (non-hydrogen) atoms. The third kappa shape index (κ3) is 4.35. The second kappa shape index (κ2) is 7.44. The number of hydrogen-bond acceptors (Lipinski definition) is 4. The molecule has 0 saturated carbocycles. The Kier molecular flexibility index (Phi) is 6.22. The normalized spacial score (nSPS) is 14.0.